The van der Waals surface area contributed by atoms with Gasteiger partial charge in [-0.25, -0.2) is 14.1 Å². The number of ether oxygens (including phenoxy) is 1. The van der Waals surface area contributed by atoms with Crippen molar-refractivity contribution in [3.8, 4) is 22.8 Å². The highest BCUT2D eigenvalue weighted by Gasteiger charge is 2.19. The third-order valence-electron chi connectivity index (χ3n) is 5.71. The molecule has 1 aromatic carbocycles. The van der Waals surface area contributed by atoms with Gasteiger partial charge < -0.3 is 14.5 Å². The monoisotopic (exact) mass is 452 g/mol. The number of methoxy groups -OCH3 is 1. The minimum Gasteiger partial charge on any atom is -0.496 e. The van der Waals surface area contributed by atoms with Gasteiger partial charge in [0.1, 0.15) is 17.4 Å². The predicted octanol–water partition coefficient (Wildman–Crippen LogP) is 4.04. The van der Waals surface area contributed by atoms with Crippen LogP contribution in [0.2, 0.25) is 5.02 Å². The SMILES string of the molecule is COc1cccc(F)c1-c1cc2c(cn1)cnn2-c1cc(Cl)cc(N2CCN(C)CC2)n1. The first kappa shape index (κ1) is 20.7. The highest BCUT2D eigenvalue weighted by Crippen LogP contribution is 2.33. The Bertz CT molecular complexity index is 1280. The topological polar surface area (TPSA) is 59.3 Å². The molecule has 0 aliphatic carbocycles. The fraction of sp³-hybridized carbons (Fsp3) is 0.261. The number of piperazine rings is 1. The number of pyridine rings is 2. The Morgan fingerprint density at radius 2 is 1.81 bits per heavy atom. The minimum atomic E-state index is -0.402. The lowest BCUT2D eigenvalue weighted by molar-refractivity contribution is 0.312. The average molecular weight is 453 g/mol. The van der Waals surface area contributed by atoms with Gasteiger partial charge in [-0.05, 0) is 31.3 Å². The number of hydrogen-bond acceptors (Lipinski definition) is 6. The van der Waals surface area contributed by atoms with Crippen LogP contribution in [0.25, 0.3) is 28.0 Å². The number of halogens is 2. The summed E-state index contributed by atoms with van der Waals surface area (Å²) in [5.74, 6) is 1.43. The van der Waals surface area contributed by atoms with Crippen molar-refractivity contribution in [2.45, 2.75) is 0 Å². The van der Waals surface area contributed by atoms with Gasteiger partial charge in [0.15, 0.2) is 5.82 Å². The van der Waals surface area contributed by atoms with Gasteiger partial charge >= 0.3 is 0 Å². The van der Waals surface area contributed by atoms with E-state index in [1.54, 1.807) is 41.3 Å². The minimum absolute atomic E-state index is 0.307. The van der Waals surface area contributed by atoms with Crippen LogP contribution in [0.5, 0.6) is 5.75 Å². The van der Waals surface area contributed by atoms with Crippen LogP contribution < -0.4 is 9.64 Å². The summed E-state index contributed by atoms with van der Waals surface area (Å²) < 4.78 is 21.7. The first-order chi connectivity index (χ1) is 15.5. The van der Waals surface area contributed by atoms with Crippen molar-refractivity contribution >= 4 is 28.3 Å². The van der Waals surface area contributed by atoms with E-state index in [9.17, 15) is 4.39 Å². The highest BCUT2D eigenvalue weighted by atomic mass is 35.5. The molecule has 32 heavy (non-hydrogen) atoms. The summed E-state index contributed by atoms with van der Waals surface area (Å²) in [7, 11) is 3.62. The van der Waals surface area contributed by atoms with Crippen molar-refractivity contribution in [3.05, 3.63) is 59.6 Å². The summed E-state index contributed by atoms with van der Waals surface area (Å²) >= 11 is 6.46. The molecule has 1 saturated heterocycles. The van der Waals surface area contributed by atoms with E-state index in [0.717, 1.165) is 42.9 Å². The number of hydrogen-bond donors (Lipinski definition) is 0. The average Bonchev–Trinajstić information content (AvgIpc) is 3.22. The zero-order valence-electron chi connectivity index (χ0n) is 17.8. The molecule has 0 N–H and O–H groups in total. The summed E-state index contributed by atoms with van der Waals surface area (Å²) in [4.78, 5) is 13.8. The van der Waals surface area contributed by atoms with E-state index in [-0.39, 0.29) is 0 Å². The molecule has 1 aliphatic rings. The molecular formula is C23H22ClFN6O. The fourth-order valence-electron chi connectivity index (χ4n) is 3.94. The Morgan fingerprint density at radius 3 is 2.59 bits per heavy atom. The van der Waals surface area contributed by atoms with Crippen molar-refractivity contribution in [3.63, 3.8) is 0 Å². The summed E-state index contributed by atoms with van der Waals surface area (Å²) in [6.45, 7) is 3.69. The van der Waals surface area contributed by atoms with E-state index in [1.807, 2.05) is 6.07 Å². The summed E-state index contributed by atoms with van der Waals surface area (Å²) in [5.41, 5.74) is 1.51. The van der Waals surface area contributed by atoms with E-state index in [0.29, 0.717) is 27.8 Å². The highest BCUT2D eigenvalue weighted by molar-refractivity contribution is 6.31. The van der Waals surface area contributed by atoms with Crippen molar-refractivity contribution in [2.24, 2.45) is 0 Å². The summed E-state index contributed by atoms with van der Waals surface area (Å²) in [6, 6.07) is 10.2. The fourth-order valence-corrected chi connectivity index (χ4v) is 4.13. The third-order valence-corrected chi connectivity index (χ3v) is 5.93. The molecule has 164 valence electrons. The second-order valence-corrected chi connectivity index (χ2v) is 8.23. The van der Waals surface area contributed by atoms with E-state index in [2.05, 4.69) is 26.9 Å². The standard InChI is InChI=1S/C23H22ClFN6O/c1-29-6-8-30(9-7-29)21-10-16(24)11-22(28-21)31-19-12-18(26-13-15(19)14-27-31)23-17(25)4-3-5-20(23)32-2/h3-5,10-14H,6-9H2,1-2H3. The van der Waals surface area contributed by atoms with Crippen LogP contribution >= 0.6 is 11.6 Å². The first-order valence-electron chi connectivity index (χ1n) is 10.3. The molecule has 0 radical (unpaired) electrons. The van der Waals surface area contributed by atoms with Crippen LogP contribution in [-0.2, 0) is 0 Å². The molecule has 1 aliphatic heterocycles. The number of aromatic nitrogens is 4. The summed E-state index contributed by atoms with van der Waals surface area (Å²) in [5, 5.41) is 5.90. The van der Waals surface area contributed by atoms with Gasteiger partial charge in [-0.1, -0.05) is 17.7 Å². The first-order valence-corrected chi connectivity index (χ1v) is 10.7. The number of nitrogens with zero attached hydrogens (tertiary/aromatic N) is 6. The van der Waals surface area contributed by atoms with Crippen LogP contribution in [0.15, 0.2) is 48.8 Å². The van der Waals surface area contributed by atoms with Crippen molar-refractivity contribution in [2.75, 3.05) is 45.2 Å². The summed E-state index contributed by atoms with van der Waals surface area (Å²) in [6.07, 6.45) is 3.38. The third kappa shape index (κ3) is 3.76. The molecule has 3 aromatic heterocycles. The number of benzene rings is 1. The van der Waals surface area contributed by atoms with Crippen LogP contribution in [0.4, 0.5) is 10.2 Å². The van der Waals surface area contributed by atoms with E-state index in [1.165, 1.54) is 13.2 Å². The molecule has 9 heteroatoms. The zero-order chi connectivity index (χ0) is 22.2. The zero-order valence-corrected chi connectivity index (χ0v) is 18.6. The number of fused-ring (bicyclic) bond motifs is 1. The van der Waals surface area contributed by atoms with Gasteiger partial charge in [-0.2, -0.15) is 5.10 Å². The second kappa shape index (κ2) is 8.37. The molecule has 7 nitrogen and oxygen atoms in total. The largest absolute Gasteiger partial charge is 0.496 e. The lowest BCUT2D eigenvalue weighted by Crippen LogP contribution is -2.44. The normalized spacial score (nSPS) is 14.8. The number of anilines is 1. The Morgan fingerprint density at radius 1 is 1.03 bits per heavy atom. The van der Waals surface area contributed by atoms with Gasteiger partial charge in [0, 0.05) is 48.9 Å². The van der Waals surface area contributed by atoms with Gasteiger partial charge in [0.05, 0.1) is 30.1 Å². The van der Waals surface area contributed by atoms with Gasteiger partial charge in [-0.3, -0.25) is 4.98 Å². The van der Waals surface area contributed by atoms with Gasteiger partial charge in [0.25, 0.3) is 0 Å². The maximum atomic E-state index is 14.6. The van der Waals surface area contributed by atoms with Gasteiger partial charge in [-0.15, -0.1) is 0 Å². The molecule has 4 aromatic rings. The molecule has 0 bridgehead atoms. The Kier molecular flexibility index (Phi) is 5.40. The molecule has 5 rings (SSSR count). The van der Waals surface area contributed by atoms with Crippen LogP contribution in [-0.4, -0.2) is 65.0 Å². The molecular weight excluding hydrogens is 431 g/mol. The number of rotatable bonds is 4. The van der Waals surface area contributed by atoms with Crippen LogP contribution in [0, 0.1) is 5.82 Å². The Labute approximate surface area is 190 Å². The molecule has 4 heterocycles. The molecule has 0 atom stereocenters. The van der Waals surface area contributed by atoms with Crippen molar-refractivity contribution in [1.29, 1.82) is 0 Å². The Balaban J connectivity index is 1.60. The quantitative estimate of drug-likeness (QED) is 0.466. The van der Waals surface area contributed by atoms with Crippen LogP contribution in [0.3, 0.4) is 0 Å². The molecule has 0 saturated carbocycles. The smallest absolute Gasteiger partial charge is 0.157 e. The number of likely N-dealkylation sites (N-methyl/N-ethyl adjacent to an activating group) is 1. The van der Waals surface area contributed by atoms with E-state index < -0.39 is 5.82 Å². The van der Waals surface area contributed by atoms with Gasteiger partial charge in [0.2, 0.25) is 0 Å². The van der Waals surface area contributed by atoms with E-state index in [4.69, 9.17) is 21.3 Å². The lowest BCUT2D eigenvalue weighted by Gasteiger charge is -2.33. The van der Waals surface area contributed by atoms with Crippen molar-refractivity contribution < 1.29 is 9.13 Å². The Hall–Kier alpha value is -3.23. The maximum Gasteiger partial charge on any atom is 0.157 e. The molecule has 1 fully saturated rings. The molecule has 0 unspecified atom stereocenters. The maximum absolute atomic E-state index is 14.6. The van der Waals surface area contributed by atoms with E-state index >= 15 is 0 Å². The molecule has 0 spiro atoms. The molecule has 0 amide bonds. The lowest BCUT2D eigenvalue weighted by atomic mass is 10.1. The second-order valence-electron chi connectivity index (χ2n) is 7.79. The predicted molar refractivity (Wildman–Crippen MR) is 123 cm³/mol. The van der Waals surface area contributed by atoms with Crippen molar-refractivity contribution in [1.82, 2.24) is 24.6 Å². The van der Waals surface area contributed by atoms with Crippen LogP contribution in [0.1, 0.15) is 0 Å².